The van der Waals surface area contributed by atoms with Crippen LogP contribution in [0, 0.1) is 0 Å². The third-order valence-electron chi connectivity index (χ3n) is 2.74. The van der Waals surface area contributed by atoms with Crippen LogP contribution >= 0.6 is 11.6 Å². The van der Waals surface area contributed by atoms with E-state index in [1.807, 2.05) is 0 Å². The lowest BCUT2D eigenvalue weighted by atomic mass is 10.2. The van der Waals surface area contributed by atoms with Crippen LogP contribution in [0.15, 0.2) is 17.3 Å². The van der Waals surface area contributed by atoms with Gasteiger partial charge in [-0.25, -0.2) is 18.4 Å². The van der Waals surface area contributed by atoms with Gasteiger partial charge < -0.3 is 5.11 Å². The third-order valence-corrected chi connectivity index (χ3v) is 4.84. The lowest BCUT2D eigenvalue weighted by molar-refractivity contribution is 0.213. The first kappa shape index (κ1) is 12.7. The average Bonchev–Trinajstić information content (AvgIpc) is 2.78. The standard InChI is InChI=1S/C9H12ClN3O3S/c10-9-11-4-8(5-12-9)17(15,16)13-3-1-2-7(13)6-14/h4-5,7,14H,1-3,6H2/t7-/m1/s1. The molecule has 0 amide bonds. The first-order valence-corrected chi connectivity index (χ1v) is 6.98. The predicted octanol–water partition coefficient (Wildman–Crippen LogP) is 0.275. The van der Waals surface area contributed by atoms with Gasteiger partial charge in [0, 0.05) is 12.6 Å². The Hall–Kier alpha value is -0.760. The molecule has 1 atom stereocenters. The van der Waals surface area contributed by atoms with Gasteiger partial charge in [-0.2, -0.15) is 4.31 Å². The zero-order valence-electron chi connectivity index (χ0n) is 8.95. The van der Waals surface area contributed by atoms with Crippen LogP contribution in [-0.4, -0.2) is 47.0 Å². The van der Waals surface area contributed by atoms with E-state index in [9.17, 15) is 8.42 Å². The molecular formula is C9H12ClN3O3S. The van der Waals surface area contributed by atoms with Crippen molar-refractivity contribution in [3.8, 4) is 0 Å². The molecule has 1 fully saturated rings. The molecule has 1 aliphatic heterocycles. The summed E-state index contributed by atoms with van der Waals surface area (Å²) in [5, 5.41) is 9.14. The van der Waals surface area contributed by atoms with E-state index in [1.165, 1.54) is 16.7 Å². The molecule has 17 heavy (non-hydrogen) atoms. The van der Waals surface area contributed by atoms with E-state index >= 15 is 0 Å². The monoisotopic (exact) mass is 277 g/mol. The summed E-state index contributed by atoms with van der Waals surface area (Å²) in [5.74, 6) is 0. The van der Waals surface area contributed by atoms with Crippen molar-refractivity contribution in [3.05, 3.63) is 17.7 Å². The highest BCUT2D eigenvalue weighted by Gasteiger charge is 2.35. The molecule has 0 aromatic carbocycles. The quantitative estimate of drug-likeness (QED) is 0.802. The predicted molar refractivity (Wildman–Crippen MR) is 61.0 cm³/mol. The molecule has 0 saturated carbocycles. The normalized spacial score (nSPS) is 21.9. The van der Waals surface area contributed by atoms with E-state index in [0.29, 0.717) is 13.0 Å². The van der Waals surface area contributed by atoms with E-state index in [2.05, 4.69) is 9.97 Å². The van der Waals surface area contributed by atoms with Gasteiger partial charge in [-0.3, -0.25) is 0 Å². The van der Waals surface area contributed by atoms with E-state index in [4.69, 9.17) is 16.7 Å². The number of aromatic nitrogens is 2. The number of halogens is 1. The largest absolute Gasteiger partial charge is 0.395 e. The molecule has 1 aromatic heterocycles. The van der Waals surface area contributed by atoms with Crippen LogP contribution in [0.2, 0.25) is 5.28 Å². The molecular weight excluding hydrogens is 266 g/mol. The Morgan fingerprint density at radius 3 is 2.71 bits per heavy atom. The van der Waals surface area contributed by atoms with Crippen LogP contribution in [0.25, 0.3) is 0 Å². The van der Waals surface area contributed by atoms with Crippen molar-refractivity contribution in [1.82, 2.24) is 14.3 Å². The second kappa shape index (κ2) is 4.85. The Morgan fingerprint density at radius 2 is 2.12 bits per heavy atom. The maximum atomic E-state index is 12.2. The van der Waals surface area contributed by atoms with Gasteiger partial charge in [0.15, 0.2) is 0 Å². The molecule has 0 unspecified atom stereocenters. The Bertz CT molecular complexity index is 491. The van der Waals surface area contributed by atoms with E-state index in [0.717, 1.165) is 6.42 Å². The molecule has 0 radical (unpaired) electrons. The van der Waals surface area contributed by atoms with Crippen molar-refractivity contribution in [2.45, 2.75) is 23.8 Å². The number of rotatable bonds is 3. The molecule has 8 heteroatoms. The summed E-state index contributed by atoms with van der Waals surface area (Å²) in [7, 11) is -3.63. The van der Waals surface area contributed by atoms with Gasteiger partial charge in [-0.05, 0) is 24.4 Å². The molecule has 1 saturated heterocycles. The minimum Gasteiger partial charge on any atom is -0.395 e. The summed E-state index contributed by atoms with van der Waals surface area (Å²) in [6, 6.07) is -0.351. The van der Waals surface area contributed by atoms with Gasteiger partial charge in [-0.15, -0.1) is 0 Å². The van der Waals surface area contributed by atoms with Crippen molar-refractivity contribution in [1.29, 1.82) is 0 Å². The van der Waals surface area contributed by atoms with Crippen molar-refractivity contribution >= 4 is 21.6 Å². The van der Waals surface area contributed by atoms with Crippen molar-refractivity contribution in [3.63, 3.8) is 0 Å². The summed E-state index contributed by atoms with van der Waals surface area (Å²) in [5.41, 5.74) is 0. The van der Waals surface area contributed by atoms with Gasteiger partial charge >= 0.3 is 0 Å². The Balaban J connectivity index is 2.33. The highest BCUT2D eigenvalue weighted by molar-refractivity contribution is 7.89. The van der Waals surface area contributed by atoms with Gasteiger partial charge in [0.25, 0.3) is 0 Å². The van der Waals surface area contributed by atoms with Crippen LogP contribution in [0.1, 0.15) is 12.8 Å². The fraction of sp³-hybridized carbons (Fsp3) is 0.556. The van der Waals surface area contributed by atoms with Crippen LogP contribution in [0.4, 0.5) is 0 Å². The van der Waals surface area contributed by atoms with Crippen molar-refractivity contribution in [2.75, 3.05) is 13.2 Å². The molecule has 0 aliphatic carbocycles. The zero-order chi connectivity index (χ0) is 12.5. The molecule has 0 spiro atoms. The summed E-state index contributed by atoms with van der Waals surface area (Å²) < 4.78 is 25.7. The fourth-order valence-corrected chi connectivity index (χ4v) is 3.55. The van der Waals surface area contributed by atoms with Crippen LogP contribution in [0.3, 0.4) is 0 Å². The topological polar surface area (TPSA) is 83.4 Å². The number of aliphatic hydroxyl groups excluding tert-OH is 1. The van der Waals surface area contributed by atoms with Crippen LogP contribution in [0.5, 0.6) is 0 Å². The number of nitrogens with zero attached hydrogens (tertiary/aromatic N) is 3. The molecule has 94 valence electrons. The van der Waals surface area contributed by atoms with Gasteiger partial charge in [-0.1, -0.05) is 0 Å². The van der Waals surface area contributed by atoms with Gasteiger partial charge in [0.05, 0.1) is 19.0 Å². The summed E-state index contributed by atoms with van der Waals surface area (Å²) >= 11 is 5.51. The smallest absolute Gasteiger partial charge is 0.246 e. The van der Waals surface area contributed by atoms with Crippen molar-refractivity contribution in [2.24, 2.45) is 0 Å². The molecule has 1 aromatic rings. The molecule has 1 N–H and O–H groups in total. The Morgan fingerprint density at radius 1 is 1.47 bits per heavy atom. The maximum absolute atomic E-state index is 12.2. The second-order valence-electron chi connectivity index (χ2n) is 3.78. The fourth-order valence-electron chi connectivity index (χ4n) is 1.88. The average molecular weight is 278 g/mol. The lowest BCUT2D eigenvalue weighted by Crippen LogP contribution is -2.37. The highest BCUT2D eigenvalue weighted by Crippen LogP contribution is 2.25. The summed E-state index contributed by atoms with van der Waals surface area (Å²) in [6.07, 6.45) is 3.78. The van der Waals surface area contributed by atoms with Crippen molar-refractivity contribution < 1.29 is 13.5 Å². The van der Waals surface area contributed by atoms with E-state index < -0.39 is 10.0 Å². The Kier molecular flexibility index (Phi) is 3.62. The second-order valence-corrected chi connectivity index (χ2v) is 6.01. The highest BCUT2D eigenvalue weighted by atomic mass is 35.5. The zero-order valence-corrected chi connectivity index (χ0v) is 10.5. The van der Waals surface area contributed by atoms with Gasteiger partial charge in [0.2, 0.25) is 15.3 Å². The lowest BCUT2D eigenvalue weighted by Gasteiger charge is -2.21. The number of sulfonamides is 1. The van der Waals surface area contributed by atoms with Crippen LogP contribution < -0.4 is 0 Å². The Labute approximate surface area is 104 Å². The molecule has 2 rings (SSSR count). The number of hydrogen-bond acceptors (Lipinski definition) is 5. The molecule has 2 heterocycles. The van der Waals surface area contributed by atoms with E-state index in [-0.39, 0.29) is 22.8 Å². The first-order valence-electron chi connectivity index (χ1n) is 5.16. The molecule has 1 aliphatic rings. The molecule has 6 nitrogen and oxygen atoms in total. The number of hydrogen-bond donors (Lipinski definition) is 1. The van der Waals surface area contributed by atoms with Gasteiger partial charge in [0.1, 0.15) is 4.90 Å². The summed E-state index contributed by atoms with van der Waals surface area (Å²) in [6.45, 7) is 0.240. The maximum Gasteiger partial charge on any atom is 0.246 e. The van der Waals surface area contributed by atoms with Crippen LogP contribution in [-0.2, 0) is 10.0 Å². The van der Waals surface area contributed by atoms with E-state index in [1.54, 1.807) is 0 Å². The SMILES string of the molecule is O=S(=O)(c1cnc(Cl)nc1)N1CCC[C@@H]1CO. The third kappa shape index (κ3) is 2.42. The summed E-state index contributed by atoms with van der Waals surface area (Å²) in [4.78, 5) is 7.31. The minimum atomic E-state index is -3.63. The number of aliphatic hydroxyl groups is 1. The minimum absolute atomic E-state index is 0.00208. The first-order chi connectivity index (χ1) is 8.05. The molecule has 0 bridgehead atoms.